The number of hydrogen-bond acceptors (Lipinski definition) is 37. The predicted octanol–water partition coefficient (Wildman–Crippen LogP) is 2.52. The Bertz CT molecular complexity index is 3680. The van der Waals surface area contributed by atoms with E-state index in [1.165, 1.54) is 0 Å². The molecule has 0 saturated carbocycles. The van der Waals surface area contributed by atoms with Crippen molar-refractivity contribution in [1.29, 1.82) is 0 Å². The maximum absolute atomic E-state index is 14.5. The van der Waals surface area contributed by atoms with Crippen LogP contribution in [-0.4, -0.2) is 313 Å². The number of hydrogen-bond donors (Lipinski definition) is 7. The highest BCUT2D eigenvalue weighted by atomic mass is 32.3. The topological polar surface area (TPSA) is 704 Å². The van der Waals surface area contributed by atoms with Gasteiger partial charge in [-0.15, -0.1) is 0 Å². The number of azide groups is 3. The highest BCUT2D eigenvalue weighted by molar-refractivity contribution is 7.81. The summed E-state index contributed by atoms with van der Waals surface area (Å²) in [6.07, 6.45) is -46.2. The van der Waals surface area contributed by atoms with Gasteiger partial charge in [0, 0.05) is 61.5 Å². The van der Waals surface area contributed by atoms with Crippen LogP contribution in [0.1, 0.15) is 119 Å². The second-order valence-corrected chi connectivity index (χ2v) is 30.3. The molecule has 640 valence electrons. The molecule has 10 unspecified atom stereocenters. The van der Waals surface area contributed by atoms with E-state index < -0.39 is 249 Å². The third-order valence-electron chi connectivity index (χ3n) is 17.0. The van der Waals surface area contributed by atoms with E-state index >= 15 is 0 Å². The first-order valence-electron chi connectivity index (χ1n) is 34.8. The van der Waals surface area contributed by atoms with E-state index in [1.54, 1.807) is 41.5 Å². The van der Waals surface area contributed by atoms with Gasteiger partial charge in [0.2, 0.25) is 0 Å². The Morgan fingerprint density at radius 1 is 0.360 bits per heavy atom. The van der Waals surface area contributed by atoms with Gasteiger partial charge >= 0.3 is 63.9 Å². The summed E-state index contributed by atoms with van der Waals surface area (Å²) >= 11 is 0. The lowest BCUT2D eigenvalue weighted by Gasteiger charge is -2.51. The number of rotatable bonds is 52. The van der Waals surface area contributed by atoms with E-state index in [9.17, 15) is 106 Å². The number of carboxylic acids is 2. The number of carbonyl (C=O) groups excluding carboxylic acids is 1. The summed E-state index contributed by atoms with van der Waals surface area (Å²) in [6.45, 7) is 4.52. The maximum Gasteiger partial charge on any atom is 0.397 e. The second kappa shape index (κ2) is 46.3. The number of carbonyl (C=O) groups is 3. The molecular formula is C56H95N9O41S5. The fraction of sp³-hybridized carbons (Fsp3) is 0.946. The van der Waals surface area contributed by atoms with Crippen molar-refractivity contribution in [2.45, 2.75) is 272 Å². The number of nitrogens with zero attached hydrogens (tertiary/aromatic N) is 9. The summed E-state index contributed by atoms with van der Waals surface area (Å²) in [4.78, 5) is 49.9. The van der Waals surface area contributed by atoms with Crippen molar-refractivity contribution >= 4 is 69.7 Å². The molecule has 0 bridgehead atoms. The minimum atomic E-state index is -6.12. The lowest BCUT2D eigenvalue weighted by molar-refractivity contribution is -0.377. The molecule has 111 heavy (non-hydrogen) atoms. The zero-order valence-corrected chi connectivity index (χ0v) is 64.9. The number of unbranched alkanes of at least 4 members (excludes halogenated alkanes) is 6. The predicted molar refractivity (Wildman–Crippen MR) is 362 cm³/mol. The number of Topliss-reactive ketones (excluding diaryl/α,β-unsaturated/α-hetero) is 1. The monoisotopic (exact) mass is 1710 g/mol. The Labute approximate surface area is 638 Å². The fourth-order valence-corrected chi connectivity index (χ4v) is 13.8. The van der Waals surface area contributed by atoms with E-state index in [0.717, 1.165) is 7.11 Å². The molecule has 5 aliphatic heterocycles. The van der Waals surface area contributed by atoms with Crippen LogP contribution in [0, 0.1) is 0 Å². The minimum Gasteiger partial charge on any atom is -0.479 e. The van der Waals surface area contributed by atoms with Gasteiger partial charge in [-0.3, -0.25) is 27.6 Å². The molecule has 5 heterocycles. The molecule has 55 heteroatoms. The van der Waals surface area contributed by atoms with Crippen LogP contribution in [0.15, 0.2) is 15.3 Å². The van der Waals surface area contributed by atoms with Crippen molar-refractivity contribution in [3.05, 3.63) is 31.3 Å². The van der Waals surface area contributed by atoms with Crippen molar-refractivity contribution < 1.29 is 186 Å². The first-order valence-corrected chi connectivity index (χ1v) is 41.6. The highest BCUT2D eigenvalue weighted by Crippen LogP contribution is 2.42. The second-order valence-electron chi connectivity index (χ2n) is 25.0. The molecule has 0 radical (unpaired) electrons. The third-order valence-corrected chi connectivity index (χ3v) is 19.2. The first kappa shape index (κ1) is 96.8. The zero-order valence-electron chi connectivity index (χ0n) is 60.9. The van der Waals surface area contributed by atoms with E-state index in [0.29, 0.717) is 44.9 Å². The van der Waals surface area contributed by atoms with Gasteiger partial charge in [-0.05, 0) is 55.1 Å². The smallest absolute Gasteiger partial charge is 0.397 e. The average molecular weight is 1710 g/mol. The van der Waals surface area contributed by atoms with Crippen LogP contribution in [0.4, 0.5) is 0 Å². The molecule has 0 amide bonds. The number of ether oxygens (including phenoxy) is 16. The van der Waals surface area contributed by atoms with Crippen LogP contribution < -0.4 is 0 Å². The Balaban J connectivity index is 1.77. The van der Waals surface area contributed by atoms with Crippen LogP contribution >= 0.6 is 0 Å². The number of ketones is 1. The molecule has 5 rings (SSSR count). The highest BCUT2D eigenvalue weighted by Gasteiger charge is 2.62. The van der Waals surface area contributed by atoms with Gasteiger partial charge in [-0.25, -0.2) is 30.5 Å². The largest absolute Gasteiger partial charge is 0.479 e. The van der Waals surface area contributed by atoms with Crippen molar-refractivity contribution in [1.82, 2.24) is 0 Å². The van der Waals surface area contributed by atoms with Crippen molar-refractivity contribution in [2.24, 2.45) is 15.3 Å². The van der Waals surface area contributed by atoms with Crippen molar-refractivity contribution in [2.75, 3.05) is 66.6 Å². The first-order chi connectivity index (χ1) is 52.4. The molecule has 5 aliphatic rings. The molecule has 0 aromatic heterocycles. The fourth-order valence-electron chi connectivity index (χ4n) is 11.9. The third kappa shape index (κ3) is 30.4. The molecule has 0 aromatic carbocycles. The van der Waals surface area contributed by atoms with Gasteiger partial charge in [0.1, 0.15) is 91.4 Å². The summed E-state index contributed by atoms with van der Waals surface area (Å²) in [5.41, 5.74) is 30.2. The standard InChI is InChI=1S/C56H95N9O41S5/c1-8-14-20-87-36-29(26-93-107(71,72)73)97-53(33(61-64-58)39(36)88-21-15-9-2)102-45-42(35(66)50(67)68)101-55(48(92-25-19-13-6)43(45)90-23-17-11-4)100-38-31(28-95-109(77,78)79)98-54(34(62-65-59)41(38)105-110(80,81)82)103-46-44(91-24-18-12-5)49(106-111(83,84)85)56(104-47(46)51(69)70)99-37-30(27-94-108(74,75)76)96-52(86-7)32(60-63-57)40(37)89-22-16-10-3/h29-34,36-49,52-56H,8-28H2,1-7H3,(H,67,68)(H,69,70)(H,71,72,73)(H,74,75,76)(H,77,78,79)(H,80,81,82)(H,83,84,85)/t29?,30?,31?,32?,33?,34?,36-,37-,38-,39-,40-,41-,42?,43?,44+,45-,46+,47?,48+,49?,52+,53-,54-,55-,56-/m1/s1. The molecular weight excluding hydrogens is 1610 g/mol. The lowest BCUT2D eigenvalue weighted by Crippen LogP contribution is -2.69. The SMILES string of the molecule is CCCCOC1[C@H](O[C@H]2OC(COS(=O)(=O)O)[C@@H](OCCCC)[C@H](OCCCC)C2N=[N+]=[N-])C(C(=O)C(=O)O)O[C@@H](O[C@@H]2C(COS(=O)(=O)O)O[C@H](O[C@@H]3C(C(=O)O)O[C@@H](O[C@@H]4C(COS(=O)(=O)O)O[C@H](OC)C(N=[N+]=[N-])[C@H]4OCCCC)C(OS(=O)(=O)O)[C@H]3OCCCC)C(N=[N+]=[N-])[C@H]2OS(=O)(=O)O)[C@H]1OCCCC. The van der Waals surface area contributed by atoms with Crippen LogP contribution in [-0.2, 0) is 163 Å². The van der Waals surface area contributed by atoms with Crippen LogP contribution in [0.2, 0.25) is 0 Å². The number of methoxy groups -OCH3 is 1. The molecule has 7 N–H and O–H groups in total. The molecule has 0 spiro atoms. The Kier molecular flexibility index (Phi) is 40.4. The summed E-state index contributed by atoms with van der Waals surface area (Å²) < 4.78 is 300. The van der Waals surface area contributed by atoms with Gasteiger partial charge in [-0.2, -0.15) is 42.1 Å². The summed E-state index contributed by atoms with van der Waals surface area (Å²) in [5.74, 6) is -6.41. The Hall–Kier alpha value is -4.75. The molecule has 0 aromatic rings. The van der Waals surface area contributed by atoms with Gasteiger partial charge in [0.25, 0.3) is 5.78 Å². The Morgan fingerprint density at radius 2 is 0.658 bits per heavy atom. The van der Waals surface area contributed by atoms with Gasteiger partial charge in [-0.1, -0.05) is 95.4 Å². The molecule has 50 nitrogen and oxygen atoms in total. The lowest BCUT2D eigenvalue weighted by atomic mass is 9.93. The molecule has 25 atom stereocenters. The average Bonchev–Trinajstić information content (AvgIpc) is 0.759. The van der Waals surface area contributed by atoms with E-state index in [2.05, 4.69) is 34.3 Å². The molecule has 5 saturated heterocycles. The summed E-state index contributed by atoms with van der Waals surface area (Å²) in [7, 11) is -27.5. The number of aliphatic carboxylic acids is 2. The van der Waals surface area contributed by atoms with Crippen LogP contribution in [0.3, 0.4) is 0 Å². The van der Waals surface area contributed by atoms with Crippen molar-refractivity contribution in [3.8, 4) is 0 Å². The van der Waals surface area contributed by atoms with Crippen LogP contribution in [0.5, 0.6) is 0 Å². The minimum absolute atomic E-state index is 0.0247. The van der Waals surface area contributed by atoms with Crippen LogP contribution in [0.25, 0.3) is 31.3 Å². The maximum atomic E-state index is 14.5. The van der Waals surface area contributed by atoms with Crippen molar-refractivity contribution in [3.63, 3.8) is 0 Å². The summed E-state index contributed by atoms with van der Waals surface area (Å²) in [5, 5.41) is 32.8. The van der Waals surface area contributed by atoms with Gasteiger partial charge in [0.05, 0.1) is 32.0 Å². The zero-order chi connectivity index (χ0) is 82.6. The molecule has 5 fully saturated rings. The summed E-state index contributed by atoms with van der Waals surface area (Å²) in [6, 6.07) is -6.13. The number of carboxylic acid groups (broad SMARTS) is 2. The van der Waals surface area contributed by atoms with Gasteiger partial charge in [0.15, 0.2) is 49.8 Å². The van der Waals surface area contributed by atoms with E-state index in [1.807, 2.05) is 0 Å². The van der Waals surface area contributed by atoms with E-state index in [-0.39, 0.29) is 65.1 Å². The molecule has 0 aliphatic carbocycles. The van der Waals surface area contributed by atoms with Gasteiger partial charge < -0.3 is 86.0 Å². The Morgan fingerprint density at radius 3 is 1.03 bits per heavy atom. The normalized spacial score (nSPS) is 33.0. The van der Waals surface area contributed by atoms with E-state index in [4.69, 9.17) is 92.5 Å². The quantitative estimate of drug-likeness (QED) is 0.0115.